The average molecular weight is 538 g/mol. The fraction of sp³-hybridized carbons (Fsp3) is 0.462. The standard InChI is InChI=1S/C24H31N5O2S.C2H3F3/c1-3-13-26-23(30)16-27-24(31)17-29(32-25)20-11-14-28(15-12-20)18(2)21-10-6-8-19-7-4-5-9-22(19)21;1-2(3,4)5/h1,4-10,18,20H,11-17,25H2,2H3,(H,26,30)(H,27,31);1H3. The van der Waals surface area contributed by atoms with E-state index in [0.29, 0.717) is 6.04 Å². The van der Waals surface area contributed by atoms with E-state index in [-0.39, 0.29) is 44.4 Å². The molecule has 1 saturated heterocycles. The number of nitrogens with two attached hydrogens (primary N) is 1. The Bertz CT molecular complexity index is 1060. The van der Waals surface area contributed by atoms with Crippen molar-refractivity contribution in [3.05, 3.63) is 48.0 Å². The van der Waals surface area contributed by atoms with E-state index in [1.807, 2.05) is 4.31 Å². The number of piperidine rings is 1. The molecule has 1 fully saturated rings. The number of hydrogen-bond acceptors (Lipinski definition) is 6. The second-order valence-corrected chi connectivity index (χ2v) is 9.41. The summed E-state index contributed by atoms with van der Waals surface area (Å²) in [4.78, 5) is 26.3. The maximum absolute atomic E-state index is 12.3. The SMILES string of the molecule is C#CCNC(=O)CNC(=O)CN(SN)C1CCN(C(C)c2cccc3ccccc23)CC1.CC(F)(F)F. The molecular weight excluding hydrogens is 503 g/mol. The first kappa shape index (κ1) is 30.4. The third-order valence-corrected chi connectivity index (χ3v) is 6.69. The molecule has 2 aromatic carbocycles. The summed E-state index contributed by atoms with van der Waals surface area (Å²) in [5.74, 6) is 1.79. The number of benzene rings is 2. The number of likely N-dealkylation sites (tertiary alicyclic amines) is 1. The monoisotopic (exact) mass is 537 g/mol. The van der Waals surface area contributed by atoms with Crippen LogP contribution < -0.4 is 15.8 Å². The third-order valence-electron chi connectivity index (χ3n) is 6.00. The highest BCUT2D eigenvalue weighted by molar-refractivity contribution is 7.94. The number of halogens is 3. The molecule has 0 saturated carbocycles. The average Bonchev–Trinajstić information content (AvgIpc) is 2.87. The zero-order valence-electron chi connectivity index (χ0n) is 21.1. The molecule has 1 unspecified atom stereocenters. The molecule has 202 valence electrons. The first-order valence-electron chi connectivity index (χ1n) is 11.9. The lowest BCUT2D eigenvalue weighted by molar-refractivity contribution is -0.126. The number of carbonyl (C=O) groups excluding carboxylic acids is 2. The summed E-state index contributed by atoms with van der Waals surface area (Å²) in [6, 6.07) is 15.5. The van der Waals surface area contributed by atoms with Crippen molar-refractivity contribution in [2.24, 2.45) is 5.14 Å². The molecule has 0 spiro atoms. The fourth-order valence-electron chi connectivity index (χ4n) is 4.21. The second-order valence-electron chi connectivity index (χ2n) is 8.73. The van der Waals surface area contributed by atoms with Crippen molar-refractivity contribution in [2.75, 3.05) is 32.7 Å². The minimum atomic E-state index is -4.00. The second kappa shape index (κ2) is 14.8. The van der Waals surface area contributed by atoms with Gasteiger partial charge in [-0.05, 0) is 36.1 Å². The lowest BCUT2D eigenvalue weighted by Gasteiger charge is -2.39. The van der Waals surface area contributed by atoms with Gasteiger partial charge in [0.2, 0.25) is 11.8 Å². The number of rotatable bonds is 9. The summed E-state index contributed by atoms with van der Waals surface area (Å²) < 4.78 is 33.0. The normalized spacial score (nSPS) is 15.4. The Balaban J connectivity index is 0.000000877. The van der Waals surface area contributed by atoms with E-state index in [1.54, 1.807) is 0 Å². The lowest BCUT2D eigenvalue weighted by atomic mass is 9.96. The van der Waals surface area contributed by atoms with Crippen molar-refractivity contribution in [2.45, 2.75) is 44.9 Å². The number of nitrogens with zero attached hydrogens (tertiary/aromatic N) is 2. The minimum absolute atomic E-state index is 0.0927. The van der Waals surface area contributed by atoms with Crippen molar-refractivity contribution < 1.29 is 22.8 Å². The van der Waals surface area contributed by atoms with E-state index >= 15 is 0 Å². The summed E-state index contributed by atoms with van der Waals surface area (Å²) in [5.41, 5.74) is 1.34. The van der Waals surface area contributed by atoms with Gasteiger partial charge in [-0.25, -0.2) is 4.31 Å². The van der Waals surface area contributed by atoms with Crippen molar-refractivity contribution in [1.29, 1.82) is 0 Å². The number of fused-ring (bicyclic) bond motifs is 1. The summed E-state index contributed by atoms with van der Waals surface area (Å²) in [6.45, 7) is 4.51. The van der Waals surface area contributed by atoms with Gasteiger partial charge >= 0.3 is 6.18 Å². The lowest BCUT2D eigenvalue weighted by Crippen LogP contribution is -2.47. The van der Waals surface area contributed by atoms with Crippen LogP contribution in [0.15, 0.2) is 42.5 Å². The summed E-state index contributed by atoms with van der Waals surface area (Å²) in [6.07, 6.45) is 2.96. The van der Waals surface area contributed by atoms with Gasteiger partial charge in [0.25, 0.3) is 0 Å². The molecule has 1 aliphatic rings. The van der Waals surface area contributed by atoms with Crippen LogP contribution in [0.4, 0.5) is 13.2 Å². The highest BCUT2D eigenvalue weighted by atomic mass is 32.2. The third kappa shape index (κ3) is 10.6. The predicted octanol–water partition coefficient (Wildman–Crippen LogP) is 3.62. The Hall–Kier alpha value is -2.78. The van der Waals surface area contributed by atoms with Crippen molar-refractivity contribution in [3.63, 3.8) is 0 Å². The topological polar surface area (TPSA) is 90.7 Å². The van der Waals surface area contributed by atoms with Gasteiger partial charge in [-0.15, -0.1) is 6.42 Å². The maximum Gasteiger partial charge on any atom is 0.386 e. The Labute approximate surface area is 220 Å². The molecule has 1 aliphatic heterocycles. The largest absolute Gasteiger partial charge is 0.386 e. The Morgan fingerprint density at radius 2 is 1.78 bits per heavy atom. The number of terminal acetylenes is 1. The van der Waals surface area contributed by atoms with E-state index in [1.165, 1.54) is 16.3 Å². The van der Waals surface area contributed by atoms with Crippen LogP contribution >= 0.6 is 12.1 Å². The highest BCUT2D eigenvalue weighted by Crippen LogP contribution is 2.31. The molecule has 2 amide bonds. The van der Waals surface area contributed by atoms with Crippen molar-refractivity contribution in [3.8, 4) is 12.3 Å². The van der Waals surface area contributed by atoms with Gasteiger partial charge in [0.1, 0.15) is 0 Å². The maximum atomic E-state index is 12.3. The van der Waals surface area contributed by atoms with Crippen LogP contribution in [-0.4, -0.2) is 66.0 Å². The highest BCUT2D eigenvalue weighted by Gasteiger charge is 2.29. The van der Waals surface area contributed by atoms with Gasteiger partial charge in [-0.2, -0.15) is 13.2 Å². The number of nitrogens with one attached hydrogen (secondary N) is 2. The Morgan fingerprint density at radius 3 is 2.41 bits per heavy atom. The van der Waals surface area contributed by atoms with Gasteiger partial charge in [-0.3, -0.25) is 19.6 Å². The first-order chi connectivity index (χ1) is 17.5. The van der Waals surface area contributed by atoms with Crippen LogP contribution in [-0.2, 0) is 9.59 Å². The molecular formula is C26H34F3N5O2S. The molecule has 7 nitrogen and oxygen atoms in total. The molecule has 0 radical (unpaired) electrons. The van der Waals surface area contributed by atoms with Crippen LogP contribution in [0, 0.1) is 12.3 Å². The molecule has 1 heterocycles. The van der Waals surface area contributed by atoms with Gasteiger partial charge in [0, 0.05) is 44.2 Å². The van der Waals surface area contributed by atoms with Gasteiger partial charge < -0.3 is 10.6 Å². The Kier molecular flexibility index (Phi) is 12.2. The van der Waals surface area contributed by atoms with Crippen LogP contribution in [0.3, 0.4) is 0 Å². The molecule has 4 N–H and O–H groups in total. The molecule has 11 heteroatoms. The predicted molar refractivity (Wildman–Crippen MR) is 142 cm³/mol. The smallest absolute Gasteiger partial charge is 0.346 e. The molecule has 0 aliphatic carbocycles. The zero-order chi connectivity index (χ0) is 27.4. The molecule has 37 heavy (non-hydrogen) atoms. The molecule has 0 bridgehead atoms. The van der Waals surface area contributed by atoms with E-state index in [2.05, 4.69) is 70.8 Å². The summed E-state index contributed by atoms with van der Waals surface area (Å²) in [7, 11) is 0. The molecule has 0 aromatic heterocycles. The molecule has 2 aromatic rings. The Morgan fingerprint density at radius 1 is 1.16 bits per heavy atom. The van der Waals surface area contributed by atoms with Crippen LogP contribution in [0.25, 0.3) is 10.8 Å². The minimum Gasteiger partial charge on any atom is -0.346 e. The number of alkyl halides is 3. The molecule has 3 rings (SSSR count). The van der Waals surface area contributed by atoms with E-state index in [4.69, 9.17) is 11.6 Å². The van der Waals surface area contributed by atoms with E-state index < -0.39 is 6.18 Å². The fourth-order valence-corrected chi connectivity index (χ4v) is 4.79. The van der Waals surface area contributed by atoms with Gasteiger partial charge in [0.15, 0.2) is 0 Å². The zero-order valence-corrected chi connectivity index (χ0v) is 21.9. The van der Waals surface area contributed by atoms with Gasteiger partial charge in [-0.1, -0.05) is 48.4 Å². The quantitative estimate of drug-likeness (QED) is 0.335. The first-order valence-corrected chi connectivity index (χ1v) is 12.8. The van der Waals surface area contributed by atoms with Gasteiger partial charge in [0.05, 0.1) is 19.6 Å². The number of carbonyl (C=O) groups is 2. The van der Waals surface area contributed by atoms with Crippen LogP contribution in [0.1, 0.15) is 38.3 Å². The van der Waals surface area contributed by atoms with Crippen LogP contribution in [0.5, 0.6) is 0 Å². The van der Waals surface area contributed by atoms with Crippen molar-refractivity contribution >= 4 is 34.7 Å². The summed E-state index contributed by atoms with van der Waals surface area (Å²) in [5, 5.41) is 13.6. The van der Waals surface area contributed by atoms with E-state index in [9.17, 15) is 22.8 Å². The summed E-state index contributed by atoms with van der Waals surface area (Å²) >= 11 is 1.09. The van der Waals surface area contributed by atoms with E-state index in [0.717, 1.165) is 38.1 Å². The number of hydrogen-bond donors (Lipinski definition) is 3. The van der Waals surface area contributed by atoms with Crippen LogP contribution in [0.2, 0.25) is 0 Å². The molecule has 1 atom stereocenters. The number of amides is 2. The van der Waals surface area contributed by atoms with Crippen molar-refractivity contribution in [1.82, 2.24) is 19.8 Å².